The molecule has 0 saturated heterocycles. The Morgan fingerprint density at radius 3 is 2.81 bits per heavy atom. The van der Waals surface area contributed by atoms with Gasteiger partial charge in [0, 0.05) is 12.6 Å². The van der Waals surface area contributed by atoms with Crippen LogP contribution in [0.3, 0.4) is 0 Å². The maximum Gasteiger partial charge on any atom is 0.164 e. The molecule has 21 heavy (non-hydrogen) atoms. The van der Waals surface area contributed by atoms with Crippen LogP contribution in [0.2, 0.25) is 0 Å². The lowest BCUT2D eigenvalue weighted by Gasteiger charge is -2.12. The molecule has 0 radical (unpaired) electrons. The number of hydrogen-bond acceptors (Lipinski definition) is 5. The lowest BCUT2D eigenvalue weighted by Crippen LogP contribution is -2.09. The lowest BCUT2D eigenvalue weighted by atomic mass is 10.2. The maximum absolute atomic E-state index is 8.93. The van der Waals surface area contributed by atoms with Crippen LogP contribution in [0.25, 0.3) is 0 Å². The minimum Gasteiger partial charge on any atom is -0.490 e. The second kappa shape index (κ2) is 7.29. The van der Waals surface area contributed by atoms with Crippen LogP contribution in [0.5, 0.6) is 11.5 Å². The topological polar surface area (TPSA) is 73.0 Å². The molecule has 0 amide bonds. The second-order valence-corrected chi connectivity index (χ2v) is 4.39. The monoisotopic (exact) mass is 286 g/mol. The number of benzene rings is 1. The molecule has 0 fully saturated rings. The van der Waals surface area contributed by atoms with Gasteiger partial charge < -0.3 is 9.47 Å². The minimum atomic E-state index is 0.311. The van der Waals surface area contributed by atoms with Gasteiger partial charge in [-0.25, -0.2) is 9.67 Å². The fourth-order valence-electron chi connectivity index (χ4n) is 1.91. The second-order valence-electron chi connectivity index (χ2n) is 4.39. The van der Waals surface area contributed by atoms with Gasteiger partial charge in [-0.05, 0) is 25.5 Å². The van der Waals surface area contributed by atoms with E-state index in [9.17, 15) is 0 Å². The molecular formula is C15H18N4O2. The first-order chi connectivity index (χ1) is 10.3. The number of hydrogen-bond donors (Lipinski definition) is 0. The molecule has 0 saturated carbocycles. The number of nitrogens with zero attached hydrogens (tertiary/aromatic N) is 4. The van der Waals surface area contributed by atoms with E-state index in [-0.39, 0.29) is 0 Å². The van der Waals surface area contributed by atoms with E-state index in [0.29, 0.717) is 30.3 Å². The van der Waals surface area contributed by atoms with Crippen molar-refractivity contribution in [2.45, 2.75) is 33.4 Å². The molecule has 6 heteroatoms. The van der Waals surface area contributed by atoms with Crippen molar-refractivity contribution >= 4 is 0 Å². The molecule has 0 aliphatic heterocycles. The average molecular weight is 286 g/mol. The Kier molecular flexibility index (Phi) is 5.16. The molecule has 0 aliphatic carbocycles. The molecule has 1 aromatic heterocycles. The number of aryl methyl sites for hydroxylation is 1. The van der Waals surface area contributed by atoms with Gasteiger partial charge in [-0.2, -0.15) is 10.4 Å². The van der Waals surface area contributed by atoms with Gasteiger partial charge in [0.15, 0.2) is 17.3 Å². The minimum absolute atomic E-state index is 0.311. The summed E-state index contributed by atoms with van der Waals surface area (Å²) in [4.78, 5) is 4.19. The van der Waals surface area contributed by atoms with Crippen molar-refractivity contribution in [3.63, 3.8) is 0 Å². The van der Waals surface area contributed by atoms with Gasteiger partial charge in [0.25, 0.3) is 0 Å². The summed E-state index contributed by atoms with van der Waals surface area (Å²) in [6.45, 7) is 5.61. The van der Waals surface area contributed by atoms with Gasteiger partial charge in [-0.1, -0.05) is 6.92 Å². The van der Waals surface area contributed by atoms with E-state index in [1.165, 1.54) is 6.33 Å². The summed E-state index contributed by atoms with van der Waals surface area (Å²) in [5.74, 6) is 1.93. The molecule has 2 aromatic rings. The fraction of sp³-hybridized carbons (Fsp3) is 0.400. The summed E-state index contributed by atoms with van der Waals surface area (Å²) >= 11 is 0. The number of ether oxygens (including phenoxy) is 2. The SMILES string of the molecule is CCCn1ncnc1COc1ccc(C#N)cc1OCC. The first-order valence-electron chi connectivity index (χ1n) is 6.94. The van der Waals surface area contributed by atoms with E-state index in [0.717, 1.165) is 18.8 Å². The predicted octanol–water partition coefficient (Wildman–Crippen LogP) is 2.54. The van der Waals surface area contributed by atoms with Crippen molar-refractivity contribution < 1.29 is 9.47 Å². The van der Waals surface area contributed by atoms with Crippen molar-refractivity contribution in [2.75, 3.05) is 6.61 Å². The Labute approximate surface area is 123 Å². The van der Waals surface area contributed by atoms with Crippen LogP contribution in [-0.2, 0) is 13.2 Å². The molecule has 110 valence electrons. The normalized spacial score (nSPS) is 10.1. The van der Waals surface area contributed by atoms with Gasteiger partial charge >= 0.3 is 0 Å². The summed E-state index contributed by atoms with van der Waals surface area (Å²) in [7, 11) is 0. The zero-order valence-corrected chi connectivity index (χ0v) is 12.2. The quantitative estimate of drug-likeness (QED) is 0.782. The highest BCUT2D eigenvalue weighted by molar-refractivity contribution is 5.46. The standard InChI is InChI=1S/C15H18N4O2/c1-3-7-19-15(17-11-18-19)10-21-13-6-5-12(9-16)8-14(13)20-4-2/h5-6,8,11H,3-4,7,10H2,1-2H3. The Bertz CT molecular complexity index is 631. The average Bonchev–Trinajstić information content (AvgIpc) is 2.94. The largest absolute Gasteiger partial charge is 0.490 e. The third kappa shape index (κ3) is 3.72. The Hall–Kier alpha value is -2.55. The van der Waals surface area contributed by atoms with Gasteiger partial charge in [-0.3, -0.25) is 0 Å². The maximum atomic E-state index is 8.93. The summed E-state index contributed by atoms with van der Waals surface area (Å²) in [5, 5.41) is 13.1. The van der Waals surface area contributed by atoms with Crippen molar-refractivity contribution in [3.8, 4) is 17.6 Å². The third-order valence-corrected chi connectivity index (χ3v) is 2.86. The molecule has 1 aromatic carbocycles. The molecule has 1 heterocycles. The zero-order chi connectivity index (χ0) is 15.1. The smallest absolute Gasteiger partial charge is 0.164 e. The van der Waals surface area contributed by atoms with E-state index >= 15 is 0 Å². The van der Waals surface area contributed by atoms with Crippen LogP contribution in [0.15, 0.2) is 24.5 Å². The van der Waals surface area contributed by atoms with Gasteiger partial charge in [-0.15, -0.1) is 0 Å². The first kappa shape index (κ1) is 14.9. The van der Waals surface area contributed by atoms with E-state index in [1.54, 1.807) is 18.2 Å². The van der Waals surface area contributed by atoms with Crippen LogP contribution in [0.1, 0.15) is 31.7 Å². The lowest BCUT2D eigenvalue weighted by molar-refractivity contribution is 0.257. The highest BCUT2D eigenvalue weighted by Crippen LogP contribution is 2.28. The van der Waals surface area contributed by atoms with E-state index in [4.69, 9.17) is 14.7 Å². The molecular weight excluding hydrogens is 268 g/mol. The Morgan fingerprint density at radius 1 is 1.24 bits per heavy atom. The Balaban J connectivity index is 2.12. The fourth-order valence-corrected chi connectivity index (χ4v) is 1.91. The predicted molar refractivity (Wildman–Crippen MR) is 77.0 cm³/mol. The van der Waals surface area contributed by atoms with E-state index < -0.39 is 0 Å². The number of rotatable bonds is 7. The number of nitriles is 1. The molecule has 0 N–H and O–H groups in total. The van der Waals surface area contributed by atoms with Gasteiger partial charge in [0.05, 0.1) is 18.2 Å². The summed E-state index contributed by atoms with van der Waals surface area (Å²) in [6.07, 6.45) is 2.51. The molecule has 0 atom stereocenters. The Morgan fingerprint density at radius 2 is 2.10 bits per heavy atom. The number of aromatic nitrogens is 3. The van der Waals surface area contributed by atoms with Crippen molar-refractivity contribution in [3.05, 3.63) is 35.9 Å². The van der Waals surface area contributed by atoms with Crippen LogP contribution in [0.4, 0.5) is 0 Å². The summed E-state index contributed by atoms with van der Waals surface area (Å²) in [5.41, 5.74) is 0.542. The van der Waals surface area contributed by atoms with Crippen LogP contribution >= 0.6 is 0 Å². The molecule has 0 spiro atoms. The zero-order valence-electron chi connectivity index (χ0n) is 12.2. The highest BCUT2D eigenvalue weighted by Gasteiger charge is 2.09. The molecule has 6 nitrogen and oxygen atoms in total. The summed E-state index contributed by atoms with van der Waals surface area (Å²) in [6, 6.07) is 7.21. The van der Waals surface area contributed by atoms with Crippen LogP contribution < -0.4 is 9.47 Å². The van der Waals surface area contributed by atoms with Gasteiger partial charge in [0.2, 0.25) is 0 Å². The van der Waals surface area contributed by atoms with Crippen molar-refractivity contribution in [1.82, 2.24) is 14.8 Å². The molecule has 0 bridgehead atoms. The highest BCUT2D eigenvalue weighted by atomic mass is 16.5. The van der Waals surface area contributed by atoms with E-state index in [1.807, 2.05) is 11.6 Å². The van der Waals surface area contributed by atoms with Gasteiger partial charge in [0.1, 0.15) is 12.9 Å². The van der Waals surface area contributed by atoms with Crippen LogP contribution in [0, 0.1) is 11.3 Å². The van der Waals surface area contributed by atoms with Crippen LogP contribution in [-0.4, -0.2) is 21.4 Å². The molecule has 0 unspecified atom stereocenters. The molecule has 2 rings (SSSR count). The van der Waals surface area contributed by atoms with Crippen molar-refractivity contribution in [1.29, 1.82) is 5.26 Å². The summed E-state index contributed by atoms with van der Waals surface area (Å²) < 4.78 is 13.1. The van der Waals surface area contributed by atoms with Crippen molar-refractivity contribution in [2.24, 2.45) is 0 Å². The third-order valence-electron chi connectivity index (χ3n) is 2.86. The van der Waals surface area contributed by atoms with E-state index in [2.05, 4.69) is 23.1 Å². The molecule has 0 aliphatic rings. The first-order valence-corrected chi connectivity index (χ1v) is 6.94.